The highest BCUT2D eigenvalue weighted by Crippen LogP contribution is 2.09. The Kier molecular flexibility index (Phi) is 4.29. The van der Waals surface area contributed by atoms with E-state index in [1.807, 2.05) is 13.8 Å². The Balaban J connectivity index is 2.20. The van der Waals surface area contributed by atoms with Gasteiger partial charge in [-0.1, -0.05) is 13.8 Å². The van der Waals surface area contributed by atoms with Gasteiger partial charge in [-0.15, -0.1) is 0 Å². The van der Waals surface area contributed by atoms with E-state index >= 15 is 0 Å². The van der Waals surface area contributed by atoms with Gasteiger partial charge in [-0.3, -0.25) is 4.79 Å². The van der Waals surface area contributed by atoms with Crippen molar-refractivity contribution in [3.63, 3.8) is 0 Å². The van der Waals surface area contributed by atoms with Gasteiger partial charge in [-0.25, -0.2) is 9.50 Å². The van der Waals surface area contributed by atoms with Gasteiger partial charge in [0.1, 0.15) is 6.33 Å². The summed E-state index contributed by atoms with van der Waals surface area (Å²) >= 11 is 0. The first-order valence-corrected chi connectivity index (χ1v) is 6.60. The van der Waals surface area contributed by atoms with Crippen molar-refractivity contribution in [3.8, 4) is 0 Å². The minimum atomic E-state index is -0.257. The Morgan fingerprint density at radius 1 is 1.45 bits per heavy atom. The molecule has 1 unspecified atom stereocenters. The summed E-state index contributed by atoms with van der Waals surface area (Å²) < 4.78 is 1.52. The minimum absolute atomic E-state index is 0.0814. The average molecular weight is 277 g/mol. The summed E-state index contributed by atoms with van der Waals surface area (Å²) in [5, 5.41) is 16.2. The van der Waals surface area contributed by atoms with Gasteiger partial charge in [-0.2, -0.15) is 10.1 Å². The fraction of sp³-hybridized carbons (Fsp3) is 0.538. The predicted molar refractivity (Wildman–Crippen MR) is 73.3 cm³/mol. The molecule has 7 nitrogen and oxygen atoms in total. The lowest BCUT2D eigenvalue weighted by Gasteiger charge is -2.18. The summed E-state index contributed by atoms with van der Waals surface area (Å²) in [7, 11) is 0. The molecular weight excluding hydrogens is 258 g/mol. The average Bonchev–Trinajstić information content (AvgIpc) is 2.86. The second-order valence-electron chi connectivity index (χ2n) is 5.21. The predicted octanol–water partition coefficient (Wildman–Crippen LogP) is 0.570. The topological polar surface area (TPSA) is 92.4 Å². The Morgan fingerprint density at radius 2 is 2.20 bits per heavy atom. The number of amides is 1. The van der Waals surface area contributed by atoms with E-state index in [1.54, 1.807) is 6.92 Å². The molecule has 0 saturated heterocycles. The van der Waals surface area contributed by atoms with Crippen molar-refractivity contribution in [2.75, 3.05) is 6.61 Å². The van der Waals surface area contributed by atoms with Crippen LogP contribution in [0, 0.1) is 12.8 Å². The fourth-order valence-electron chi connectivity index (χ4n) is 2.12. The number of hydrogen-bond acceptors (Lipinski definition) is 5. The van der Waals surface area contributed by atoms with Crippen LogP contribution < -0.4 is 5.32 Å². The largest absolute Gasteiger partial charge is 0.394 e. The molecule has 0 bridgehead atoms. The molecule has 20 heavy (non-hydrogen) atoms. The molecule has 2 rings (SSSR count). The van der Waals surface area contributed by atoms with E-state index in [2.05, 4.69) is 20.4 Å². The van der Waals surface area contributed by atoms with Crippen molar-refractivity contribution in [2.45, 2.75) is 33.2 Å². The maximum atomic E-state index is 12.3. The number of nitrogens with zero attached hydrogens (tertiary/aromatic N) is 4. The van der Waals surface area contributed by atoms with Crippen LogP contribution in [0.15, 0.2) is 12.5 Å². The van der Waals surface area contributed by atoms with Crippen LogP contribution >= 0.6 is 0 Å². The molecule has 0 spiro atoms. The zero-order valence-electron chi connectivity index (χ0n) is 11.9. The lowest BCUT2D eigenvalue weighted by Crippen LogP contribution is -2.39. The van der Waals surface area contributed by atoms with Crippen LogP contribution in [0.1, 0.15) is 36.3 Å². The van der Waals surface area contributed by atoms with Crippen molar-refractivity contribution < 1.29 is 9.90 Å². The molecule has 0 fully saturated rings. The van der Waals surface area contributed by atoms with Gasteiger partial charge in [0.25, 0.3) is 11.7 Å². The summed E-state index contributed by atoms with van der Waals surface area (Å²) in [6, 6.07) is -0.256. The Labute approximate surface area is 117 Å². The summed E-state index contributed by atoms with van der Waals surface area (Å²) in [5.41, 5.74) is 1.11. The lowest BCUT2D eigenvalue weighted by atomic mass is 10.0. The molecule has 7 heteroatoms. The zero-order valence-corrected chi connectivity index (χ0v) is 11.9. The third kappa shape index (κ3) is 2.93. The molecule has 0 aromatic carbocycles. The van der Waals surface area contributed by atoms with Crippen molar-refractivity contribution in [1.82, 2.24) is 24.9 Å². The zero-order chi connectivity index (χ0) is 14.7. The number of nitrogens with one attached hydrogen (secondary N) is 1. The summed E-state index contributed by atoms with van der Waals surface area (Å²) in [6.45, 7) is 5.79. The number of aromatic nitrogens is 4. The molecule has 108 valence electrons. The second kappa shape index (κ2) is 5.96. The molecule has 2 aromatic rings. The monoisotopic (exact) mass is 277 g/mol. The Hall–Kier alpha value is -2.02. The van der Waals surface area contributed by atoms with Crippen LogP contribution in [0.5, 0.6) is 0 Å². The van der Waals surface area contributed by atoms with Gasteiger partial charge in [0, 0.05) is 6.20 Å². The van der Waals surface area contributed by atoms with Crippen LogP contribution in [0.4, 0.5) is 0 Å². The molecule has 0 radical (unpaired) electrons. The van der Waals surface area contributed by atoms with Crippen LogP contribution in [-0.4, -0.2) is 43.2 Å². The number of rotatable bonds is 5. The smallest absolute Gasteiger partial charge is 0.254 e. The minimum Gasteiger partial charge on any atom is -0.394 e. The number of carbonyl (C=O) groups is 1. The normalized spacial score (nSPS) is 12.8. The van der Waals surface area contributed by atoms with E-state index in [1.165, 1.54) is 17.0 Å². The van der Waals surface area contributed by atoms with Crippen molar-refractivity contribution in [3.05, 3.63) is 23.8 Å². The highest BCUT2D eigenvalue weighted by molar-refractivity contribution is 5.95. The van der Waals surface area contributed by atoms with Crippen LogP contribution in [0.3, 0.4) is 0 Å². The van der Waals surface area contributed by atoms with Gasteiger partial charge < -0.3 is 10.4 Å². The van der Waals surface area contributed by atoms with E-state index < -0.39 is 0 Å². The third-order valence-electron chi connectivity index (χ3n) is 3.10. The molecule has 2 heterocycles. The quantitative estimate of drug-likeness (QED) is 0.833. The van der Waals surface area contributed by atoms with Crippen molar-refractivity contribution in [1.29, 1.82) is 0 Å². The van der Waals surface area contributed by atoms with E-state index in [0.717, 1.165) is 6.42 Å². The molecular formula is C13H19N5O2. The van der Waals surface area contributed by atoms with Crippen LogP contribution in [0.25, 0.3) is 5.78 Å². The highest BCUT2D eigenvalue weighted by atomic mass is 16.3. The number of aliphatic hydroxyl groups excluding tert-OH is 1. The SMILES string of the molecule is Cc1c(C(=O)NC(CO)CC(C)C)cnc2ncnn12. The van der Waals surface area contributed by atoms with E-state index in [9.17, 15) is 9.90 Å². The Bertz CT molecular complexity index is 608. The first-order valence-electron chi connectivity index (χ1n) is 6.60. The first kappa shape index (κ1) is 14.4. The molecule has 1 atom stereocenters. The standard InChI is InChI=1S/C13H19N5O2/c1-8(2)4-10(6-19)17-12(20)11-5-14-13-15-7-16-18(13)9(11)3/h5,7-8,10,19H,4,6H2,1-3H3,(H,17,20). The number of fused-ring (bicyclic) bond motifs is 1. The number of hydrogen-bond donors (Lipinski definition) is 2. The van der Waals surface area contributed by atoms with Crippen LogP contribution in [0.2, 0.25) is 0 Å². The molecule has 1 amide bonds. The molecule has 0 aliphatic carbocycles. The summed E-state index contributed by atoms with van der Waals surface area (Å²) in [5.74, 6) is 0.594. The number of aliphatic hydroxyl groups is 1. The number of aryl methyl sites for hydroxylation is 1. The molecule has 2 aromatic heterocycles. The summed E-state index contributed by atoms with van der Waals surface area (Å²) in [6.07, 6.45) is 3.60. The van der Waals surface area contributed by atoms with Gasteiger partial charge in [0.2, 0.25) is 0 Å². The van der Waals surface area contributed by atoms with E-state index in [0.29, 0.717) is 23.0 Å². The molecule has 2 N–H and O–H groups in total. The summed E-state index contributed by atoms with van der Waals surface area (Å²) in [4.78, 5) is 20.3. The maximum absolute atomic E-state index is 12.3. The molecule has 0 aliphatic heterocycles. The van der Waals surface area contributed by atoms with Crippen molar-refractivity contribution in [2.24, 2.45) is 5.92 Å². The lowest BCUT2D eigenvalue weighted by molar-refractivity contribution is 0.0906. The molecule has 0 aliphatic rings. The highest BCUT2D eigenvalue weighted by Gasteiger charge is 2.18. The molecule has 0 saturated carbocycles. The first-order chi connectivity index (χ1) is 9.52. The second-order valence-corrected chi connectivity index (χ2v) is 5.21. The van der Waals surface area contributed by atoms with E-state index in [4.69, 9.17) is 0 Å². The van der Waals surface area contributed by atoms with Gasteiger partial charge in [0.15, 0.2) is 0 Å². The van der Waals surface area contributed by atoms with Gasteiger partial charge >= 0.3 is 0 Å². The van der Waals surface area contributed by atoms with Gasteiger partial charge in [0.05, 0.1) is 23.9 Å². The maximum Gasteiger partial charge on any atom is 0.254 e. The fourth-order valence-corrected chi connectivity index (χ4v) is 2.12. The Morgan fingerprint density at radius 3 is 2.85 bits per heavy atom. The number of carbonyl (C=O) groups excluding carboxylic acids is 1. The van der Waals surface area contributed by atoms with Gasteiger partial charge in [-0.05, 0) is 19.3 Å². The van der Waals surface area contributed by atoms with Crippen LogP contribution in [-0.2, 0) is 0 Å². The van der Waals surface area contributed by atoms with E-state index in [-0.39, 0.29) is 18.6 Å². The van der Waals surface area contributed by atoms with Crippen molar-refractivity contribution >= 4 is 11.7 Å². The third-order valence-corrected chi connectivity index (χ3v) is 3.10.